The number of ether oxygens (including phenoxy) is 1. The second-order valence-electron chi connectivity index (χ2n) is 4.35. The SMILES string of the molecule is CCOCCNCCN(CC)CC(C)CC. The van der Waals surface area contributed by atoms with E-state index in [1.54, 1.807) is 0 Å². The van der Waals surface area contributed by atoms with Crippen LogP contribution in [0.25, 0.3) is 0 Å². The van der Waals surface area contributed by atoms with E-state index in [2.05, 4.69) is 31.0 Å². The molecule has 0 saturated carbocycles. The summed E-state index contributed by atoms with van der Waals surface area (Å²) in [4.78, 5) is 2.52. The minimum absolute atomic E-state index is 0.809. The van der Waals surface area contributed by atoms with Crippen LogP contribution in [0.1, 0.15) is 34.1 Å². The van der Waals surface area contributed by atoms with Crippen LogP contribution in [0.2, 0.25) is 0 Å². The van der Waals surface area contributed by atoms with Gasteiger partial charge < -0.3 is 15.0 Å². The maximum absolute atomic E-state index is 5.27. The van der Waals surface area contributed by atoms with Crippen LogP contribution in [-0.2, 0) is 4.74 Å². The van der Waals surface area contributed by atoms with Crippen molar-refractivity contribution in [2.45, 2.75) is 34.1 Å². The van der Waals surface area contributed by atoms with Crippen molar-refractivity contribution in [1.29, 1.82) is 0 Å². The van der Waals surface area contributed by atoms with Gasteiger partial charge in [0, 0.05) is 32.8 Å². The second kappa shape index (κ2) is 11.4. The van der Waals surface area contributed by atoms with Gasteiger partial charge in [0.05, 0.1) is 6.61 Å². The molecule has 3 nitrogen and oxygen atoms in total. The molecular formula is C13H30N2O. The molecule has 0 aromatic rings. The van der Waals surface area contributed by atoms with Crippen molar-refractivity contribution >= 4 is 0 Å². The maximum Gasteiger partial charge on any atom is 0.0590 e. The van der Waals surface area contributed by atoms with Crippen LogP contribution in [0.4, 0.5) is 0 Å². The summed E-state index contributed by atoms with van der Waals surface area (Å²) in [5.41, 5.74) is 0. The van der Waals surface area contributed by atoms with Crippen LogP contribution in [0.3, 0.4) is 0 Å². The van der Waals surface area contributed by atoms with Crippen molar-refractivity contribution < 1.29 is 4.74 Å². The Morgan fingerprint density at radius 2 is 1.94 bits per heavy atom. The van der Waals surface area contributed by atoms with Crippen LogP contribution < -0.4 is 5.32 Å². The highest BCUT2D eigenvalue weighted by molar-refractivity contribution is 4.61. The van der Waals surface area contributed by atoms with Crippen molar-refractivity contribution in [2.75, 3.05) is 45.9 Å². The van der Waals surface area contributed by atoms with E-state index in [1.807, 2.05) is 6.92 Å². The molecule has 0 spiro atoms. The normalized spacial score (nSPS) is 13.3. The predicted octanol–water partition coefficient (Wildman–Crippen LogP) is 1.98. The molecule has 1 N–H and O–H groups in total. The summed E-state index contributed by atoms with van der Waals surface area (Å²) in [5, 5.41) is 3.41. The molecule has 0 fully saturated rings. The molecule has 0 rings (SSSR count). The summed E-state index contributed by atoms with van der Waals surface area (Å²) in [6.07, 6.45) is 1.27. The van der Waals surface area contributed by atoms with Crippen molar-refractivity contribution in [3.63, 3.8) is 0 Å². The lowest BCUT2D eigenvalue weighted by molar-refractivity contribution is 0.148. The lowest BCUT2D eigenvalue weighted by Crippen LogP contribution is -2.35. The van der Waals surface area contributed by atoms with Gasteiger partial charge in [0.25, 0.3) is 0 Å². The van der Waals surface area contributed by atoms with Crippen LogP contribution in [-0.4, -0.2) is 50.8 Å². The minimum atomic E-state index is 0.809. The Morgan fingerprint density at radius 3 is 2.50 bits per heavy atom. The second-order valence-corrected chi connectivity index (χ2v) is 4.35. The van der Waals surface area contributed by atoms with Crippen LogP contribution in [0, 0.1) is 5.92 Å². The molecule has 16 heavy (non-hydrogen) atoms. The largest absolute Gasteiger partial charge is 0.380 e. The summed E-state index contributed by atoms with van der Waals surface area (Å²) in [5.74, 6) is 0.809. The van der Waals surface area contributed by atoms with E-state index in [0.717, 1.165) is 45.3 Å². The summed E-state index contributed by atoms with van der Waals surface area (Å²) in [6, 6.07) is 0. The smallest absolute Gasteiger partial charge is 0.0590 e. The van der Waals surface area contributed by atoms with Gasteiger partial charge >= 0.3 is 0 Å². The van der Waals surface area contributed by atoms with E-state index in [9.17, 15) is 0 Å². The van der Waals surface area contributed by atoms with Crippen LogP contribution in [0.5, 0.6) is 0 Å². The minimum Gasteiger partial charge on any atom is -0.380 e. The number of hydrogen-bond acceptors (Lipinski definition) is 3. The van der Waals surface area contributed by atoms with Gasteiger partial charge in [0.1, 0.15) is 0 Å². The van der Waals surface area contributed by atoms with E-state index < -0.39 is 0 Å². The fraction of sp³-hybridized carbons (Fsp3) is 1.00. The number of likely N-dealkylation sites (N-methyl/N-ethyl adjacent to an activating group) is 1. The molecule has 0 heterocycles. The Balaban J connectivity index is 3.40. The average molecular weight is 230 g/mol. The van der Waals surface area contributed by atoms with Gasteiger partial charge in [-0.3, -0.25) is 0 Å². The zero-order valence-electron chi connectivity index (χ0n) is 11.6. The first-order chi connectivity index (χ1) is 7.74. The van der Waals surface area contributed by atoms with Gasteiger partial charge in [0.2, 0.25) is 0 Å². The molecule has 0 aromatic heterocycles. The van der Waals surface area contributed by atoms with Gasteiger partial charge in [-0.05, 0) is 19.4 Å². The van der Waals surface area contributed by atoms with Crippen molar-refractivity contribution in [3.8, 4) is 0 Å². The quantitative estimate of drug-likeness (QED) is 0.549. The topological polar surface area (TPSA) is 24.5 Å². The summed E-state index contributed by atoms with van der Waals surface area (Å²) < 4.78 is 5.27. The first-order valence-corrected chi connectivity index (χ1v) is 6.75. The van der Waals surface area contributed by atoms with Crippen LogP contribution >= 0.6 is 0 Å². The third-order valence-electron chi connectivity index (χ3n) is 2.95. The van der Waals surface area contributed by atoms with Gasteiger partial charge in [-0.25, -0.2) is 0 Å². The molecule has 98 valence electrons. The Morgan fingerprint density at radius 1 is 1.19 bits per heavy atom. The average Bonchev–Trinajstić information content (AvgIpc) is 2.31. The number of hydrogen-bond donors (Lipinski definition) is 1. The summed E-state index contributed by atoms with van der Waals surface area (Å²) >= 11 is 0. The molecule has 0 saturated heterocycles. The molecule has 0 aliphatic rings. The summed E-state index contributed by atoms with van der Waals surface area (Å²) in [7, 11) is 0. The molecule has 1 atom stereocenters. The van der Waals surface area contributed by atoms with Gasteiger partial charge in [0.15, 0.2) is 0 Å². The Hall–Kier alpha value is -0.120. The third-order valence-corrected chi connectivity index (χ3v) is 2.95. The zero-order valence-corrected chi connectivity index (χ0v) is 11.6. The lowest BCUT2D eigenvalue weighted by atomic mass is 10.1. The fourth-order valence-corrected chi connectivity index (χ4v) is 1.60. The van der Waals surface area contributed by atoms with Gasteiger partial charge in [-0.2, -0.15) is 0 Å². The van der Waals surface area contributed by atoms with Crippen molar-refractivity contribution in [1.82, 2.24) is 10.2 Å². The molecule has 0 aliphatic carbocycles. The van der Waals surface area contributed by atoms with E-state index >= 15 is 0 Å². The van der Waals surface area contributed by atoms with E-state index in [1.165, 1.54) is 13.0 Å². The van der Waals surface area contributed by atoms with Crippen molar-refractivity contribution in [3.05, 3.63) is 0 Å². The predicted molar refractivity (Wildman–Crippen MR) is 70.9 cm³/mol. The van der Waals surface area contributed by atoms with Gasteiger partial charge in [-0.1, -0.05) is 27.2 Å². The highest BCUT2D eigenvalue weighted by Crippen LogP contribution is 2.03. The van der Waals surface area contributed by atoms with E-state index in [4.69, 9.17) is 4.74 Å². The molecule has 0 aromatic carbocycles. The Bertz CT molecular complexity index is 142. The molecule has 1 unspecified atom stereocenters. The van der Waals surface area contributed by atoms with Crippen molar-refractivity contribution in [2.24, 2.45) is 5.92 Å². The van der Waals surface area contributed by atoms with E-state index in [0.29, 0.717) is 0 Å². The first kappa shape index (κ1) is 15.9. The molecule has 0 radical (unpaired) electrons. The Kier molecular flexibility index (Phi) is 11.3. The molecule has 0 amide bonds. The lowest BCUT2D eigenvalue weighted by Gasteiger charge is -2.23. The maximum atomic E-state index is 5.27. The fourth-order valence-electron chi connectivity index (χ4n) is 1.60. The highest BCUT2D eigenvalue weighted by atomic mass is 16.5. The van der Waals surface area contributed by atoms with E-state index in [-0.39, 0.29) is 0 Å². The molecule has 0 aliphatic heterocycles. The standard InChI is InChI=1S/C13H30N2O/c1-5-13(4)12-15(6-2)10-8-14-9-11-16-7-3/h13-14H,5-12H2,1-4H3. The number of nitrogens with one attached hydrogen (secondary N) is 1. The third kappa shape index (κ3) is 9.13. The molecule has 3 heteroatoms. The highest BCUT2D eigenvalue weighted by Gasteiger charge is 2.06. The first-order valence-electron chi connectivity index (χ1n) is 6.75. The van der Waals surface area contributed by atoms with Crippen LogP contribution in [0.15, 0.2) is 0 Å². The summed E-state index contributed by atoms with van der Waals surface area (Å²) in [6.45, 7) is 16.1. The molecule has 0 bridgehead atoms. The molecular weight excluding hydrogens is 200 g/mol. The number of rotatable bonds is 11. The van der Waals surface area contributed by atoms with Gasteiger partial charge in [-0.15, -0.1) is 0 Å². The monoisotopic (exact) mass is 230 g/mol. The number of nitrogens with zero attached hydrogens (tertiary/aromatic N) is 1. The zero-order chi connectivity index (χ0) is 12.2. The Labute approximate surface area is 102 Å².